The average Bonchev–Trinajstić information content (AvgIpc) is 3.78. The monoisotopic (exact) mass is 608 g/mol. The second-order valence-electron chi connectivity index (χ2n) is 9.43. The first kappa shape index (κ1) is 32.3. The molecule has 0 spiro atoms. The van der Waals surface area contributed by atoms with Crippen LogP contribution < -0.4 is 19.5 Å². The number of rotatable bonds is 11. The number of methoxy groups -OCH3 is 2. The van der Waals surface area contributed by atoms with E-state index < -0.39 is 27.6 Å². The van der Waals surface area contributed by atoms with Gasteiger partial charge in [-0.25, -0.2) is 13.2 Å². The lowest BCUT2D eigenvalue weighted by atomic mass is 9.94. The summed E-state index contributed by atoms with van der Waals surface area (Å²) in [5, 5.41) is 10.2. The molecular weight excluding hydrogens is 577 g/mol. The molecule has 0 bridgehead atoms. The number of carbonyl (C=O) groups is 2. The molecule has 1 saturated carbocycles. The van der Waals surface area contributed by atoms with Gasteiger partial charge in [-0.1, -0.05) is 42.5 Å². The fraction of sp³-hybridized carbons (Fsp3) is 0.310. The third-order valence-electron chi connectivity index (χ3n) is 6.55. The first-order valence-corrected chi connectivity index (χ1v) is 14.3. The van der Waals surface area contributed by atoms with Crippen molar-refractivity contribution in [2.45, 2.75) is 42.2 Å². The Kier molecular flexibility index (Phi) is 10.4. The second-order valence-corrected chi connectivity index (χ2v) is 11.1. The predicted octanol–water partition coefficient (Wildman–Crippen LogP) is 4.92. The van der Waals surface area contributed by atoms with Gasteiger partial charge in [-0.3, -0.25) is 9.52 Å². The van der Waals surface area contributed by atoms with Crippen LogP contribution in [-0.4, -0.2) is 52.3 Å². The number of aliphatic carboxylic acids is 1. The largest absolute Gasteiger partial charge is 0.497 e. The first-order valence-electron chi connectivity index (χ1n) is 12.8. The summed E-state index contributed by atoms with van der Waals surface area (Å²) >= 11 is 0. The van der Waals surface area contributed by atoms with E-state index in [0.29, 0.717) is 18.0 Å². The van der Waals surface area contributed by atoms with Crippen LogP contribution in [0.15, 0.2) is 77.7 Å². The number of nitrogens with one attached hydrogen (secondary N) is 2. The third kappa shape index (κ3) is 8.38. The minimum atomic E-state index is -5.08. The highest BCUT2D eigenvalue weighted by Gasteiger charge is 2.51. The van der Waals surface area contributed by atoms with Crippen molar-refractivity contribution in [2.24, 2.45) is 0 Å². The molecule has 0 unspecified atom stereocenters. The van der Waals surface area contributed by atoms with Crippen molar-refractivity contribution in [3.63, 3.8) is 0 Å². The van der Waals surface area contributed by atoms with Gasteiger partial charge in [0.2, 0.25) is 5.91 Å². The number of hydrogen-bond donors (Lipinski definition) is 3. The van der Waals surface area contributed by atoms with Gasteiger partial charge in [0.25, 0.3) is 10.0 Å². The Morgan fingerprint density at radius 1 is 0.952 bits per heavy atom. The highest BCUT2D eigenvalue weighted by molar-refractivity contribution is 7.92. The van der Waals surface area contributed by atoms with E-state index in [4.69, 9.17) is 19.4 Å². The summed E-state index contributed by atoms with van der Waals surface area (Å²) in [6.07, 6.45) is -1.73. The van der Waals surface area contributed by atoms with Crippen molar-refractivity contribution in [1.29, 1.82) is 0 Å². The lowest BCUT2D eigenvalue weighted by Gasteiger charge is -2.17. The number of anilines is 1. The fourth-order valence-corrected chi connectivity index (χ4v) is 5.39. The number of sulfonamides is 1. The minimum absolute atomic E-state index is 0.0167. The van der Waals surface area contributed by atoms with E-state index in [1.165, 1.54) is 25.8 Å². The topological polar surface area (TPSA) is 131 Å². The number of ether oxygens (including phenoxy) is 2. The van der Waals surface area contributed by atoms with Crippen molar-refractivity contribution in [2.75, 3.05) is 25.5 Å². The maximum Gasteiger partial charge on any atom is 0.490 e. The van der Waals surface area contributed by atoms with Gasteiger partial charge in [0.05, 0.1) is 19.6 Å². The van der Waals surface area contributed by atoms with E-state index in [1.807, 2.05) is 30.3 Å². The van der Waals surface area contributed by atoms with Gasteiger partial charge in [-0.05, 0) is 61.1 Å². The molecule has 4 rings (SSSR count). The van der Waals surface area contributed by atoms with Crippen molar-refractivity contribution < 1.29 is 45.8 Å². The number of carbonyl (C=O) groups excluding carboxylic acids is 1. The molecule has 0 heterocycles. The Hall–Kier alpha value is -4.26. The number of carboxylic acids is 1. The van der Waals surface area contributed by atoms with Gasteiger partial charge >= 0.3 is 12.1 Å². The van der Waals surface area contributed by atoms with Gasteiger partial charge in [-0.2, -0.15) is 13.2 Å². The van der Waals surface area contributed by atoms with Crippen LogP contribution in [-0.2, 0) is 31.4 Å². The summed E-state index contributed by atoms with van der Waals surface area (Å²) in [5.41, 5.74) is 2.02. The molecule has 0 atom stereocenters. The van der Waals surface area contributed by atoms with E-state index in [-0.39, 0.29) is 16.6 Å². The molecule has 13 heteroatoms. The van der Waals surface area contributed by atoms with Crippen molar-refractivity contribution in [1.82, 2.24) is 5.32 Å². The molecular formula is C29H31F3N2O7S. The number of benzene rings is 3. The number of alkyl halides is 3. The highest BCUT2D eigenvalue weighted by atomic mass is 32.2. The van der Waals surface area contributed by atoms with Gasteiger partial charge in [0.15, 0.2) is 0 Å². The predicted molar refractivity (Wildman–Crippen MR) is 149 cm³/mol. The molecule has 1 amide bonds. The van der Waals surface area contributed by atoms with Crippen LogP contribution >= 0.6 is 0 Å². The minimum Gasteiger partial charge on any atom is -0.497 e. The first-order chi connectivity index (χ1) is 19.8. The maximum atomic E-state index is 13.0. The van der Waals surface area contributed by atoms with Crippen molar-refractivity contribution in [3.8, 4) is 11.5 Å². The molecule has 3 aromatic carbocycles. The summed E-state index contributed by atoms with van der Waals surface area (Å²) in [6, 6.07) is 21.8. The third-order valence-corrected chi connectivity index (χ3v) is 7.95. The van der Waals surface area contributed by atoms with Crippen LogP contribution in [0, 0.1) is 0 Å². The van der Waals surface area contributed by atoms with E-state index in [0.717, 1.165) is 31.2 Å². The fourth-order valence-electron chi connectivity index (χ4n) is 4.14. The Morgan fingerprint density at radius 3 is 2.10 bits per heavy atom. The van der Waals surface area contributed by atoms with E-state index in [9.17, 15) is 26.4 Å². The van der Waals surface area contributed by atoms with Gasteiger partial charge in [-0.15, -0.1) is 0 Å². The van der Waals surface area contributed by atoms with Crippen LogP contribution in [0.3, 0.4) is 0 Å². The van der Waals surface area contributed by atoms with Crippen molar-refractivity contribution in [3.05, 3.63) is 83.9 Å². The standard InChI is InChI=1S/C27H30N2O5S.C2HF3O2/c1-33-23-14-15-24(34-2)25(19-23)35(31,32)29-22-12-10-21(11-13-22)27(16-17-27)26(30)28-18-6-9-20-7-4-3-5-8-20;3-2(4,5)1(6)7/h3-5,7-8,10-15,19,29H,6,9,16-18H2,1-2H3,(H,28,30);(H,6,7). The molecule has 1 aliphatic rings. The molecule has 3 N–H and O–H groups in total. The van der Waals surface area contributed by atoms with E-state index in [2.05, 4.69) is 22.2 Å². The van der Waals surface area contributed by atoms with Crippen LogP contribution in [0.2, 0.25) is 0 Å². The number of amides is 1. The number of carboxylic acid groups (broad SMARTS) is 1. The Bertz CT molecular complexity index is 1480. The maximum absolute atomic E-state index is 13.0. The van der Waals surface area contributed by atoms with Gasteiger partial charge in [0.1, 0.15) is 16.4 Å². The zero-order chi connectivity index (χ0) is 31.0. The zero-order valence-corrected chi connectivity index (χ0v) is 23.7. The summed E-state index contributed by atoms with van der Waals surface area (Å²) in [7, 11) is -1.03. The summed E-state index contributed by atoms with van der Waals surface area (Å²) in [5.74, 6) is -2.10. The molecule has 42 heavy (non-hydrogen) atoms. The number of halogens is 3. The molecule has 0 aliphatic heterocycles. The quantitative estimate of drug-likeness (QED) is 0.264. The highest BCUT2D eigenvalue weighted by Crippen LogP contribution is 2.48. The molecule has 1 aliphatic carbocycles. The molecule has 226 valence electrons. The van der Waals surface area contributed by atoms with Crippen LogP contribution in [0.25, 0.3) is 0 Å². The molecule has 9 nitrogen and oxygen atoms in total. The van der Waals surface area contributed by atoms with E-state index in [1.54, 1.807) is 24.3 Å². The number of hydrogen-bond acceptors (Lipinski definition) is 6. The summed E-state index contributed by atoms with van der Waals surface area (Å²) in [4.78, 5) is 21.8. The van der Waals surface area contributed by atoms with Crippen LogP contribution in [0.4, 0.5) is 18.9 Å². The zero-order valence-electron chi connectivity index (χ0n) is 22.9. The van der Waals surface area contributed by atoms with E-state index >= 15 is 0 Å². The Balaban J connectivity index is 0.000000616. The normalized spacial score (nSPS) is 13.6. The average molecular weight is 609 g/mol. The van der Waals surface area contributed by atoms with Gasteiger partial charge < -0.3 is 19.9 Å². The molecule has 0 saturated heterocycles. The Labute approximate surface area is 241 Å². The van der Waals surface area contributed by atoms with Crippen molar-refractivity contribution >= 4 is 27.6 Å². The molecule has 3 aromatic rings. The molecule has 0 radical (unpaired) electrons. The van der Waals surface area contributed by atoms with Crippen LogP contribution in [0.1, 0.15) is 30.4 Å². The smallest absolute Gasteiger partial charge is 0.490 e. The molecule has 0 aromatic heterocycles. The van der Waals surface area contributed by atoms with Gasteiger partial charge in [0, 0.05) is 18.3 Å². The molecule has 1 fully saturated rings. The van der Waals surface area contributed by atoms with Crippen LogP contribution in [0.5, 0.6) is 11.5 Å². The lowest BCUT2D eigenvalue weighted by Crippen LogP contribution is -2.35. The SMILES string of the molecule is COc1ccc(OC)c(S(=O)(=O)Nc2ccc(C3(C(=O)NCCCc4ccccc4)CC3)cc2)c1.O=C(O)C(F)(F)F. The number of aryl methyl sites for hydroxylation is 1. The summed E-state index contributed by atoms with van der Waals surface area (Å²) < 4.78 is 70.7. The summed E-state index contributed by atoms with van der Waals surface area (Å²) in [6.45, 7) is 0.621. The Morgan fingerprint density at radius 2 is 1.57 bits per heavy atom. The second kappa shape index (κ2) is 13.6. The lowest BCUT2D eigenvalue weighted by molar-refractivity contribution is -0.192.